The van der Waals surface area contributed by atoms with Crippen LogP contribution in [0.25, 0.3) is 0 Å². The van der Waals surface area contributed by atoms with Gasteiger partial charge in [0.25, 0.3) is 0 Å². The average molecular weight is 340 g/mol. The molecule has 2 rings (SSSR count). The Labute approximate surface area is 132 Å². The number of hydrogen-bond donors (Lipinski definition) is 6. The van der Waals surface area contributed by atoms with Crippen LogP contribution in [0.4, 0.5) is 0 Å². The maximum absolute atomic E-state index is 11.6. The SMILES string of the molecule is CC(c1ccc(O)cc1)C(O)(O)c1ccc(O)cc1P(=O)(O)O. The van der Waals surface area contributed by atoms with Gasteiger partial charge in [0.15, 0.2) is 5.79 Å². The lowest BCUT2D eigenvalue weighted by atomic mass is 9.87. The maximum Gasteiger partial charge on any atom is 0.356 e. The second kappa shape index (κ2) is 5.96. The van der Waals surface area contributed by atoms with Crippen molar-refractivity contribution >= 4 is 12.9 Å². The molecule has 0 aliphatic heterocycles. The summed E-state index contributed by atoms with van der Waals surface area (Å²) in [6, 6.07) is 8.64. The summed E-state index contributed by atoms with van der Waals surface area (Å²) in [5, 5.41) is 39.0. The van der Waals surface area contributed by atoms with Gasteiger partial charge in [0, 0.05) is 11.5 Å². The smallest absolute Gasteiger partial charge is 0.356 e. The number of aliphatic hydroxyl groups is 2. The number of benzene rings is 2. The summed E-state index contributed by atoms with van der Waals surface area (Å²) in [7, 11) is -4.84. The number of rotatable bonds is 4. The summed E-state index contributed by atoms with van der Waals surface area (Å²) < 4.78 is 11.6. The van der Waals surface area contributed by atoms with E-state index in [-0.39, 0.29) is 5.75 Å². The van der Waals surface area contributed by atoms with E-state index in [1.54, 1.807) is 0 Å². The molecule has 7 nitrogen and oxygen atoms in total. The maximum atomic E-state index is 11.6. The van der Waals surface area contributed by atoms with E-state index < -0.39 is 35.9 Å². The summed E-state index contributed by atoms with van der Waals surface area (Å²) in [5.74, 6) is -3.96. The second-order valence-electron chi connectivity index (χ2n) is 5.28. The Morgan fingerprint density at radius 3 is 2.00 bits per heavy atom. The molecule has 0 aliphatic carbocycles. The molecule has 0 bridgehead atoms. The summed E-state index contributed by atoms with van der Waals surface area (Å²) in [5.41, 5.74) is 0.0433. The first-order valence-electron chi connectivity index (χ1n) is 6.66. The van der Waals surface area contributed by atoms with Gasteiger partial charge >= 0.3 is 7.60 Å². The third-order valence-electron chi connectivity index (χ3n) is 3.69. The van der Waals surface area contributed by atoms with Crippen LogP contribution < -0.4 is 5.30 Å². The van der Waals surface area contributed by atoms with Gasteiger partial charge in [0.2, 0.25) is 0 Å². The zero-order valence-electron chi connectivity index (χ0n) is 12.2. The van der Waals surface area contributed by atoms with Gasteiger partial charge in [-0.25, -0.2) is 0 Å². The van der Waals surface area contributed by atoms with E-state index in [1.165, 1.54) is 31.2 Å². The van der Waals surface area contributed by atoms with Gasteiger partial charge in [-0.15, -0.1) is 0 Å². The van der Waals surface area contributed by atoms with Crippen LogP contribution >= 0.6 is 7.60 Å². The topological polar surface area (TPSA) is 138 Å². The zero-order valence-corrected chi connectivity index (χ0v) is 13.1. The molecule has 124 valence electrons. The van der Waals surface area contributed by atoms with Crippen molar-refractivity contribution < 1.29 is 34.8 Å². The Hall–Kier alpha value is -1.89. The molecule has 6 N–H and O–H groups in total. The minimum Gasteiger partial charge on any atom is -0.508 e. The molecule has 0 heterocycles. The highest BCUT2D eigenvalue weighted by Crippen LogP contribution is 2.42. The fourth-order valence-corrected chi connectivity index (χ4v) is 3.15. The molecule has 1 unspecified atom stereocenters. The van der Waals surface area contributed by atoms with Crippen molar-refractivity contribution in [2.24, 2.45) is 0 Å². The van der Waals surface area contributed by atoms with Crippen molar-refractivity contribution in [1.29, 1.82) is 0 Å². The van der Waals surface area contributed by atoms with Crippen LogP contribution in [0.3, 0.4) is 0 Å². The predicted octanol–water partition coefficient (Wildman–Crippen LogP) is 0.842. The van der Waals surface area contributed by atoms with E-state index in [4.69, 9.17) is 0 Å². The molecular formula is C15H17O7P. The number of aromatic hydroxyl groups is 2. The van der Waals surface area contributed by atoms with Crippen molar-refractivity contribution in [2.75, 3.05) is 0 Å². The summed E-state index contributed by atoms with van der Waals surface area (Å²) in [6.45, 7) is 1.46. The molecule has 0 radical (unpaired) electrons. The van der Waals surface area contributed by atoms with Crippen LogP contribution in [-0.2, 0) is 10.4 Å². The Morgan fingerprint density at radius 1 is 0.957 bits per heavy atom. The molecule has 8 heteroatoms. The molecule has 0 fully saturated rings. The molecule has 0 aromatic heterocycles. The zero-order chi connectivity index (χ0) is 17.4. The van der Waals surface area contributed by atoms with E-state index >= 15 is 0 Å². The highest BCUT2D eigenvalue weighted by molar-refractivity contribution is 7.60. The lowest BCUT2D eigenvalue weighted by Gasteiger charge is -2.31. The quantitative estimate of drug-likeness (QED) is 0.358. The van der Waals surface area contributed by atoms with E-state index in [2.05, 4.69) is 0 Å². The largest absolute Gasteiger partial charge is 0.508 e. The van der Waals surface area contributed by atoms with Gasteiger partial charge in [-0.05, 0) is 35.9 Å². The highest BCUT2D eigenvalue weighted by Gasteiger charge is 2.39. The number of hydrogen-bond acceptors (Lipinski definition) is 5. The fourth-order valence-electron chi connectivity index (χ4n) is 2.30. The van der Waals surface area contributed by atoms with Crippen LogP contribution in [0, 0.1) is 0 Å². The molecule has 23 heavy (non-hydrogen) atoms. The Bertz CT molecular complexity index is 749. The Morgan fingerprint density at radius 2 is 1.48 bits per heavy atom. The third-order valence-corrected chi connectivity index (χ3v) is 4.69. The van der Waals surface area contributed by atoms with Gasteiger partial charge in [0.1, 0.15) is 11.5 Å². The van der Waals surface area contributed by atoms with Gasteiger partial charge in [0.05, 0.1) is 5.30 Å². The van der Waals surface area contributed by atoms with E-state index in [1.807, 2.05) is 0 Å². The minimum absolute atomic E-state index is 0.00275. The molecule has 0 amide bonds. The van der Waals surface area contributed by atoms with Crippen molar-refractivity contribution in [3.63, 3.8) is 0 Å². The summed E-state index contributed by atoms with van der Waals surface area (Å²) >= 11 is 0. The van der Waals surface area contributed by atoms with E-state index in [0.29, 0.717) is 5.56 Å². The van der Waals surface area contributed by atoms with E-state index in [0.717, 1.165) is 18.2 Å². The molecule has 2 aromatic rings. The van der Waals surface area contributed by atoms with Gasteiger partial charge in [-0.3, -0.25) is 4.57 Å². The van der Waals surface area contributed by atoms with Gasteiger partial charge < -0.3 is 30.2 Å². The summed E-state index contributed by atoms with van der Waals surface area (Å²) in [6.07, 6.45) is 0. The minimum atomic E-state index is -4.84. The monoisotopic (exact) mass is 340 g/mol. The fraction of sp³-hybridized carbons (Fsp3) is 0.200. The van der Waals surface area contributed by atoms with Gasteiger partial charge in [-0.2, -0.15) is 0 Å². The standard InChI is InChI=1S/C15H17O7P/c1-9(10-2-4-11(16)5-3-10)15(18,19)13-7-6-12(17)8-14(13)23(20,21)22/h2-9,16-19H,1H3,(H2,20,21,22). The predicted molar refractivity (Wildman–Crippen MR) is 82.4 cm³/mol. The lowest BCUT2D eigenvalue weighted by molar-refractivity contribution is -0.184. The van der Waals surface area contributed by atoms with Crippen LogP contribution in [0.1, 0.15) is 24.0 Å². The van der Waals surface area contributed by atoms with Gasteiger partial charge in [-0.1, -0.05) is 19.1 Å². The van der Waals surface area contributed by atoms with Crippen LogP contribution in [0.15, 0.2) is 42.5 Å². The average Bonchev–Trinajstić information content (AvgIpc) is 2.46. The first kappa shape index (κ1) is 17.5. The van der Waals surface area contributed by atoms with E-state index in [9.17, 15) is 34.8 Å². The Kier molecular flexibility index (Phi) is 4.52. The third kappa shape index (κ3) is 3.55. The first-order valence-corrected chi connectivity index (χ1v) is 8.28. The molecule has 2 aromatic carbocycles. The number of phenolic OH excluding ortho intramolecular Hbond substituents is 2. The molecule has 0 saturated heterocycles. The number of phenols is 2. The molecule has 0 spiro atoms. The van der Waals surface area contributed by atoms with Crippen molar-refractivity contribution in [3.8, 4) is 11.5 Å². The lowest BCUT2D eigenvalue weighted by Crippen LogP contribution is -2.36. The van der Waals surface area contributed by atoms with Crippen LogP contribution in [0.5, 0.6) is 11.5 Å². The molecular weight excluding hydrogens is 323 g/mol. The Balaban J connectivity index is 2.55. The first-order chi connectivity index (χ1) is 10.5. The molecule has 0 saturated carbocycles. The van der Waals surface area contributed by atoms with Crippen molar-refractivity contribution in [2.45, 2.75) is 18.6 Å². The summed E-state index contributed by atoms with van der Waals surface area (Å²) in [4.78, 5) is 18.8. The normalized spacial score (nSPS) is 13.8. The van der Waals surface area contributed by atoms with Crippen LogP contribution in [-0.4, -0.2) is 30.2 Å². The van der Waals surface area contributed by atoms with Crippen molar-refractivity contribution in [3.05, 3.63) is 53.6 Å². The molecule has 0 aliphatic rings. The van der Waals surface area contributed by atoms with Crippen molar-refractivity contribution in [1.82, 2.24) is 0 Å². The second-order valence-corrected chi connectivity index (χ2v) is 6.85. The highest BCUT2D eigenvalue weighted by atomic mass is 31.2. The van der Waals surface area contributed by atoms with Crippen LogP contribution in [0.2, 0.25) is 0 Å². The molecule has 1 atom stereocenters.